The monoisotopic (exact) mass is 477 g/mol. The second kappa shape index (κ2) is 8.83. The number of nitrogens with zero attached hydrogens (tertiary/aromatic N) is 1. The van der Waals surface area contributed by atoms with Crippen molar-refractivity contribution in [2.75, 3.05) is 6.61 Å². The third-order valence-corrected chi connectivity index (χ3v) is 8.88. The Balaban J connectivity index is 0.00000124. The van der Waals surface area contributed by atoms with E-state index in [1.807, 2.05) is 13.8 Å². The molecule has 2 aliphatic carbocycles. The fourth-order valence-electron chi connectivity index (χ4n) is 7.76. The first-order valence-electron chi connectivity index (χ1n) is 13.6. The van der Waals surface area contributed by atoms with E-state index in [0.717, 1.165) is 42.9 Å². The molecule has 1 aromatic heterocycles. The van der Waals surface area contributed by atoms with Crippen molar-refractivity contribution < 1.29 is 14.6 Å². The number of ether oxygens (including phenoxy) is 1. The van der Waals surface area contributed by atoms with E-state index < -0.39 is 11.4 Å². The molecular formula is C30H39NO4. The van der Waals surface area contributed by atoms with Gasteiger partial charge < -0.3 is 14.4 Å². The van der Waals surface area contributed by atoms with Gasteiger partial charge in [-0.1, -0.05) is 47.5 Å². The summed E-state index contributed by atoms with van der Waals surface area (Å²) >= 11 is 0. The van der Waals surface area contributed by atoms with E-state index in [4.69, 9.17) is 4.74 Å². The van der Waals surface area contributed by atoms with Crippen LogP contribution in [0, 0.1) is 11.3 Å². The van der Waals surface area contributed by atoms with Gasteiger partial charge >= 0.3 is 5.97 Å². The summed E-state index contributed by atoms with van der Waals surface area (Å²) in [6.07, 6.45) is 9.62. The number of carboxylic acid groups (broad SMARTS) is 1. The van der Waals surface area contributed by atoms with Crippen LogP contribution in [0.2, 0.25) is 0 Å². The van der Waals surface area contributed by atoms with Gasteiger partial charge in [-0.05, 0) is 72.1 Å². The first-order valence-corrected chi connectivity index (χ1v) is 13.6. The number of aromatic nitrogens is 1. The van der Waals surface area contributed by atoms with Crippen LogP contribution in [0.25, 0.3) is 11.3 Å². The molecule has 1 unspecified atom stereocenters. The minimum absolute atomic E-state index is 0.00606. The third-order valence-electron chi connectivity index (χ3n) is 8.88. The molecule has 3 heterocycles. The highest BCUT2D eigenvalue weighted by Crippen LogP contribution is 2.63. The quantitative estimate of drug-likeness (QED) is 0.509. The van der Waals surface area contributed by atoms with Crippen molar-refractivity contribution in [3.63, 3.8) is 0 Å². The van der Waals surface area contributed by atoms with Crippen molar-refractivity contribution >= 4 is 5.97 Å². The number of hydrogen-bond acceptors (Lipinski definition) is 3. The van der Waals surface area contributed by atoms with Crippen molar-refractivity contribution in [1.29, 1.82) is 0 Å². The summed E-state index contributed by atoms with van der Waals surface area (Å²) in [6.45, 7) is 11.7. The standard InChI is InChI=1S/C28H33NO4.C2H6/c1-15-13-28(2,3)26-23(15)24-17-9-6-10-33-25(17)18(16-7-4-5-8-16)11-19(24)21-12-22(30)20(27(31)32)14-29(21)26;1-2/h11-12,14-16,23,26H,4-10,13H2,1-3H3,(H,31,32);1-2H3/t15?,23-,26+;/m1./s1. The van der Waals surface area contributed by atoms with Crippen molar-refractivity contribution in [3.05, 3.63) is 50.8 Å². The number of carbonyl (C=O) groups is 1. The lowest BCUT2D eigenvalue weighted by molar-refractivity contribution is 0.0693. The Hall–Kier alpha value is -2.56. The van der Waals surface area contributed by atoms with Crippen molar-refractivity contribution in [1.82, 2.24) is 4.57 Å². The molecule has 5 nitrogen and oxygen atoms in total. The molecule has 35 heavy (non-hydrogen) atoms. The molecule has 2 fully saturated rings. The highest BCUT2D eigenvalue weighted by atomic mass is 16.5. The molecule has 1 N–H and O–H groups in total. The molecule has 2 aliphatic heterocycles. The number of rotatable bonds is 2. The molecule has 2 aromatic rings. The first-order chi connectivity index (χ1) is 16.8. The Morgan fingerprint density at radius 2 is 1.86 bits per heavy atom. The van der Waals surface area contributed by atoms with Crippen LogP contribution in [0.4, 0.5) is 0 Å². The predicted molar refractivity (Wildman–Crippen MR) is 139 cm³/mol. The van der Waals surface area contributed by atoms with Gasteiger partial charge in [-0.15, -0.1) is 0 Å². The molecule has 6 rings (SSSR count). The van der Waals surface area contributed by atoms with E-state index in [1.54, 1.807) is 12.3 Å². The molecule has 0 amide bonds. The van der Waals surface area contributed by atoms with E-state index in [2.05, 4.69) is 31.4 Å². The van der Waals surface area contributed by atoms with E-state index in [-0.39, 0.29) is 17.0 Å². The van der Waals surface area contributed by atoms with Gasteiger partial charge in [0.2, 0.25) is 0 Å². The summed E-state index contributed by atoms with van der Waals surface area (Å²) in [6, 6.07) is 4.03. The number of hydrogen-bond donors (Lipinski definition) is 1. The Bertz CT molecular complexity index is 1220. The molecule has 5 heteroatoms. The molecule has 0 radical (unpaired) electrons. The summed E-state index contributed by atoms with van der Waals surface area (Å²) < 4.78 is 8.53. The summed E-state index contributed by atoms with van der Waals surface area (Å²) in [5.41, 5.74) is 5.53. The number of benzene rings is 1. The summed E-state index contributed by atoms with van der Waals surface area (Å²) in [5.74, 6) is 1.25. The van der Waals surface area contributed by atoms with Crippen molar-refractivity contribution in [2.45, 2.75) is 97.4 Å². The largest absolute Gasteiger partial charge is 0.493 e. The fourth-order valence-corrected chi connectivity index (χ4v) is 7.76. The van der Waals surface area contributed by atoms with E-state index in [9.17, 15) is 14.7 Å². The Labute approximate surface area is 208 Å². The minimum Gasteiger partial charge on any atom is -0.493 e. The summed E-state index contributed by atoms with van der Waals surface area (Å²) in [4.78, 5) is 24.7. The van der Waals surface area contributed by atoms with Crippen LogP contribution < -0.4 is 10.2 Å². The molecule has 0 saturated heterocycles. The van der Waals surface area contributed by atoms with Gasteiger partial charge in [-0.25, -0.2) is 4.79 Å². The summed E-state index contributed by atoms with van der Waals surface area (Å²) in [5, 5.41) is 9.70. The van der Waals surface area contributed by atoms with Crippen LogP contribution in [0.1, 0.15) is 118 Å². The SMILES string of the molecule is CC.CC1CC(C)(C)[C@@H]2[C@H]1c1c(cc(C3CCCC3)c3c1CCCO3)-c1cc(=O)c(C(=O)O)cn12. The highest BCUT2D eigenvalue weighted by Gasteiger charge is 2.52. The topological polar surface area (TPSA) is 68.5 Å². The number of carboxylic acids is 1. The smallest absolute Gasteiger partial charge is 0.341 e. The fraction of sp³-hybridized carbons (Fsp3) is 0.600. The average molecular weight is 478 g/mol. The average Bonchev–Trinajstić information content (AvgIpc) is 3.45. The van der Waals surface area contributed by atoms with Gasteiger partial charge in [0.1, 0.15) is 11.3 Å². The van der Waals surface area contributed by atoms with Gasteiger partial charge in [0, 0.05) is 29.8 Å². The van der Waals surface area contributed by atoms with Gasteiger partial charge in [0.25, 0.3) is 0 Å². The number of aromatic carboxylic acids is 1. The lowest BCUT2D eigenvalue weighted by atomic mass is 9.72. The Kier molecular flexibility index (Phi) is 6.09. The highest BCUT2D eigenvalue weighted by molar-refractivity contribution is 5.88. The number of pyridine rings is 1. The minimum atomic E-state index is -1.15. The van der Waals surface area contributed by atoms with Crippen molar-refractivity contribution in [3.8, 4) is 17.0 Å². The maximum Gasteiger partial charge on any atom is 0.341 e. The summed E-state index contributed by atoms with van der Waals surface area (Å²) in [7, 11) is 0. The zero-order chi connectivity index (χ0) is 25.1. The molecule has 0 spiro atoms. The predicted octanol–water partition coefficient (Wildman–Crippen LogP) is 6.93. The molecular weight excluding hydrogens is 438 g/mol. The van der Waals surface area contributed by atoms with E-state index in [1.165, 1.54) is 42.4 Å². The van der Waals surface area contributed by atoms with Gasteiger partial charge in [0.05, 0.1) is 12.3 Å². The Morgan fingerprint density at radius 1 is 1.14 bits per heavy atom. The zero-order valence-corrected chi connectivity index (χ0v) is 21.8. The van der Waals surface area contributed by atoms with E-state index >= 15 is 0 Å². The van der Waals surface area contributed by atoms with Crippen molar-refractivity contribution in [2.24, 2.45) is 11.3 Å². The molecule has 1 aromatic carbocycles. The first kappa shape index (κ1) is 24.1. The second-order valence-electron chi connectivity index (χ2n) is 11.5. The van der Waals surface area contributed by atoms with Gasteiger partial charge in [-0.3, -0.25) is 4.79 Å². The molecule has 188 valence electrons. The molecule has 0 bridgehead atoms. The van der Waals surface area contributed by atoms with Gasteiger partial charge in [0.15, 0.2) is 5.43 Å². The lowest BCUT2D eigenvalue weighted by Gasteiger charge is -2.42. The second-order valence-corrected chi connectivity index (χ2v) is 11.5. The maximum absolute atomic E-state index is 12.9. The van der Waals surface area contributed by atoms with E-state index in [0.29, 0.717) is 17.8 Å². The van der Waals surface area contributed by atoms with Crippen LogP contribution >= 0.6 is 0 Å². The number of fused-ring (bicyclic) bond motifs is 8. The normalized spacial score (nSPS) is 25.9. The third kappa shape index (κ3) is 3.65. The Morgan fingerprint density at radius 3 is 2.54 bits per heavy atom. The van der Waals surface area contributed by atoms with Gasteiger partial charge in [-0.2, -0.15) is 0 Å². The van der Waals surface area contributed by atoms with Crippen LogP contribution in [-0.4, -0.2) is 22.2 Å². The molecule has 3 atom stereocenters. The van der Waals surface area contributed by atoms with Crippen LogP contribution in [0.3, 0.4) is 0 Å². The zero-order valence-electron chi connectivity index (χ0n) is 21.8. The lowest BCUT2D eigenvalue weighted by Crippen LogP contribution is -2.34. The van der Waals surface area contributed by atoms with Crippen LogP contribution in [0.5, 0.6) is 5.75 Å². The molecule has 2 saturated carbocycles. The molecule has 4 aliphatic rings. The van der Waals surface area contributed by atoms with Crippen LogP contribution in [-0.2, 0) is 6.42 Å². The maximum atomic E-state index is 12.9. The van der Waals surface area contributed by atoms with Crippen LogP contribution in [0.15, 0.2) is 23.1 Å².